The molecule has 36 heavy (non-hydrogen) atoms. The van der Waals surface area contributed by atoms with Gasteiger partial charge < -0.3 is 24.8 Å². The summed E-state index contributed by atoms with van der Waals surface area (Å²) in [5.41, 5.74) is 3.01. The molecule has 9 heteroatoms. The number of nitrogens with one attached hydrogen (secondary N) is 1. The van der Waals surface area contributed by atoms with Crippen LogP contribution in [-0.2, 0) is 9.59 Å². The van der Waals surface area contributed by atoms with Crippen molar-refractivity contribution in [3.05, 3.63) is 72.1 Å². The molecule has 0 bridgehead atoms. The zero-order valence-electron chi connectivity index (χ0n) is 20.2. The number of pyridine rings is 1. The second-order valence-corrected chi connectivity index (χ2v) is 9.11. The highest BCUT2D eigenvalue weighted by Crippen LogP contribution is 2.28. The van der Waals surface area contributed by atoms with Crippen molar-refractivity contribution in [1.82, 2.24) is 14.8 Å². The molecule has 1 aromatic carbocycles. The van der Waals surface area contributed by atoms with E-state index >= 15 is 0 Å². The Kier molecular flexibility index (Phi) is 6.71. The zero-order valence-corrected chi connectivity index (χ0v) is 20.2. The lowest BCUT2D eigenvalue weighted by atomic mass is 9.90. The third-order valence-electron chi connectivity index (χ3n) is 6.83. The highest BCUT2D eigenvalue weighted by molar-refractivity contribution is 6.08. The summed E-state index contributed by atoms with van der Waals surface area (Å²) < 4.78 is 5.13. The SMILES string of the molecule is COc1cc(NC(=O)c2ccccc2N2CCN(C(=O)CN3C=C4C=CCC(=O)C4C3)CC2)ccn1. The first kappa shape index (κ1) is 23.6. The van der Waals surface area contributed by atoms with E-state index in [-0.39, 0.29) is 30.1 Å². The number of ether oxygens (including phenoxy) is 1. The molecule has 0 saturated carbocycles. The van der Waals surface area contributed by atoms with Gasteiger partial charge in [-0.15, -0.1) is 0 Å². The van der Waals surface area contributed by atoms with Crippen LogP contribution in [0.2, 0.25) is 0 Å². The van der Waals surface area contributed by atoms with Crippen LogP contribution < -0.4 is 15.0 Å². The van der Waals surface area contributed by atoms with Crippen LogP contribution in [0.4, 0.5) is 11.4 Å². The predicted molar refractivity (Wildman–Crippen MR) is 136 cm³/mol. The van der Waals surface area contributed by atoms with Gasteiger partial charge in [-0.25, -0.2) is 4.98 Å². The predicted octanol–water partition coefficient (Wildman–Crippen LogP) is 2.34. The smallest absolute Gasteiger partial charge is 0.257 e. The van der Waals surface area contributed by atoms with Crippen molar-refractivity contribution in [2.45, 2.75) is 6.42 Å². The first-order valence-corrected chi connectivity index (χ1v) is 12.1. The number of piperazine rings is 1. The highest BCUT2D eigenvalue weighted by atomic mass is 16.5. The lowest BCUT2D eigenvalue weighted by molar-refractivity contribution is -0.132. The molecule has 0 radical (unpaired) electrons. The number of amides is 2. The lowest BCUT2D eigenvalue weighted by Crippen LogP contribution is -2.51. The molecule has 2 aliphatic heterocycles. The lowest BCUT2D eigenvalue weighted by Gasteiger charge is -2.37. The maximum atomic E-state index is 13.1. The summed E-state index contributed by atoms with van der Waals surface area (Å²) in [4.78, 5) is 48.2. The fourth-order valence-corrected chi connectivity index (χ4v) is 4.91. The van der Waals surface area contributed by atoms with Crippen LogP contribution in [-0.4, -0.2) is 78.8 Å². The molecule has 0 spiro atoms. The van der Waals surface area contributed by atoms with E-state index in [1.165, 1.54) is 7.11 Å². The normalized spacial score (nSPS) is 19.1. The second kappa shape index (κ2) is 10.2. The molecule has 2 aromatic rings. The third kappa shape index (κ3) is 4.95. The maximum Gasteiger partial charge on any atom is 0.257 e. The van der Waals surface area contributed by atoms with E-state index in [0.29, 0.717) is 56.3 Å². The van der Waals surface area contributed by atoms with Crippen LogP contribution in [0.25, 0.3) is 0 Å². The molecule has 5 rings (SSSR count). The summed E-state index contributed by atoms with van der Waals surface area (Å²) in [6.45, 7) is 3.26. The number of hydrogen-bond donors (Lipinski definition) is 1. The topological polar surface area (TPSA) is 95.1 Å². The summed E-state index contributed by atoms with van der Waals surface area (Å²) in [6.07, 6.45) is 7.88. The van der Waals surface area contributed by atoms with Crippen LogP contribution in [0.5, 0.6) is 5.88 Å². The minimum Gasteiger partial charge on any atom is -0.481 e. The summed E-state index contributed by atoms with van der Waals surface area (Å²) in [5, 5.41) is 2.91. The molecule has 1 saturated heterocycles. The molecule has 2 amide bonds. The van der Waals surface area contributed by atoms with Crippen LogP contribution in [0.15, 0.2) is 66.5 Å². The Balaban J connectivity index is 1.19. The van der Waals surface area contributed by atoms with Crippen LogP contribution in [0.3, 0.4) is 0 Å². The van der Waals surface area contributed by atoms with E-state index in [2.05, 4.69) is 15.2 Å². The largest absolute Gasteiger partial charge is 0.481 e. The Morgan fingerprint density at radius 2 is 1.94 bits per heavy atom. The summed E-state index contributed by atoms with van der Waals surface area (Å²) in [6, 6.07) is 10.9. The minimum absolute atomic E-state index is 0.0549. The van der Waals surface area contributed by atoms with Crippen LogP contribution in [0.1, 0.15) is 16.8 Å². The van der Waals surface area contributed by atoms with Crippen molar-refractivity contribution < 1.29 is 19.1 Å². The molecule has 186 valence electrons. The average Bonchev–Trinajstić information content (AvgIpc) is 3.32. The number of anilines is 2. The van der Waals surface area contributed by atoms with Gasteiger partial charge in [-0.1, -0.05) is 24.3 Å². The number of carbonyl (C=O) groups is 3. The van der Waals surface area contributed by atoms with Crippen molar-refractivity contribution in [2.75, 3.05) is 56.6 Å². The molecule has 1 atom stereocenters. The molecule has 1 fully saturated rings. The number of methoxy groups -OCH3 is 1. The van der Waals surface area contributed by atoms with Crippen molar-refractivity contribution in [2.24, 2.45) is 5.92 Å². The molecule has 1 aromatic heterocycles. The number of Topliss-reactive ketones (excluding diaryl/α,β-unsaturated/α-hetero) is 1. The number of fused-ring (bicyclic) bond motifs is 1. The molecular formula is C27H29N5O4. The van der Waals surface area contributed by atoms with Crippen molar-refractivity contribution in [1.29, 1.82) is 0 Å². The van der Waals surface area contributed by atoms with Gasteiger partial charge in [0.25, 0.3) is 5.91 Å². The van der Waals surface area contributed by atoms with Gasteiger partial charge >= 0.3 is 0 Å². The number of benzene rings is 1. The molecule has 1 aliphatic carbocycles. The number of hydrogen-bond acceptors (Lipinski definition) is 7. The molecular weight excluding hydrogens is 458 g/mol. The second-order valence-electron chi connectivity index (χ2n) is 9.11. The molecule has 3 aliphatic rings. The van der Waals surface area contributed by atoms with Crippen LogP contribution in [0, 0.1) is 5.92 Å². The Hall–Kier alpha value is -4.14. The molecule has 1 N–H and O–H groups in total. The molecule has 9 nitrogen and oxygen atoms in total. The van der Waals surface area contributed by atoms with Gasteiger partial charge in [0.15, 0.2) is 0 Å². The van der Waals surface area contributed by atoms with Gasteiger partial charge in [0.05, 0.1) is 25.1 Å². The third-order valence-corrected chi connectivity index (χ3v) is 6.83. The number of allylic oxidation sites excluding steroid dienone is 2. The van der Waals surface area contributed by atoms with E-state index in [9.17, 15) is 14.4 Å². The Morgan fingerprint density at radius 3 is 2.72 bits per heavy atom. The fraction of sp³-hybridized carbons (Fsp3) is 0.333. The van der Waals surface area contributed by atoms with Gasteiger partial charge in [-0.05, 0) is 23.8 Å². The fourth-order valence-electron chi connectivity index (χ4n) is 4.91. The first-order chi connectivity index (χ1) is 17.5. The number of carbonyl (C=O) groups excluding carboxylic acids is 3. The van der Waals surface area contributed by atoms with E-state index in [4.69, 9.17) is 4.74 Å². The first-order valence-electron chi connectivity index (χ1n) is 12.1. The van der Waals surface area contributed by atoms with Gasteiger partial charge in [0.1, 0.15) is 5.78 Å². The Labute approximate surface area is 210 Å². The maximum absolute atomic E-state index is 13.1. The Morgan fingerprint density at radius 1 is 1.14 bits per heavy atom. The monoisotopic (exact) mass is 487 g/mol. The van der Waals surface area contributed by atoms with Crippen molar-refractivity contribution >= 4 is 29.0 Å². The van der Waals surface area contributed by atoms with Crippen LogP contribution >= 0.6 is 0 Å². The summed E-state index contributed by atoms with van der Waals surface area (Å²) in [5.74, 6) is 0.381. The number of ketones is 1. The van der Waals surface area contributed by atoms with Gasteiger partial charge in [-0.2, -0.15) is 0 Å². The van der Waals surface area contributed by atoms with E-state index < -0.39 is 0 Å². The summed E-state index contributed by atoms with van der Waals surface area (Å²) in [7, 11) is 1.53. The highest BCUT2D eigenvalue weighted by Gasteiger charge is 2.32. The molecule has 1 unspecified atom stereocenters. The van der Waals surface area contributed by atoms with Crippen molar-refractivity contribution in [3.8, 4) is 5.88 Å². The standard InChI is InChI=1S/C27H29N5O4/c1-36-25-15-20(9-10-28-25)29-27(35)21-6-2-3-7-23(21)31-11-13-32(14-12-31)26(34)18-30-16-19-5-4-8-24(33)22(19)17-30/h2-7,9-10,15-16,22H,8,11-14,17-18H2,1H3,(H,28,29,35). The van der Waals surface area contributed by atoms with Crippen molar-refractivity contribution in [3.63, 3.8) is 0 Å². The number of para-hydroxylation sites is 1. The van der Waals surface area contributed by atoms with Gasteiger partial charge in [-0.3, -0.25) is 14.4 Å². The summed E-state index contributed by atoms with van der Waals surface area (Å²) >= 11 is 0. The van der Waals surface area contributed by atoms with E-state index in [0.717, 1.165) is 11.3 Å². The number of nitrogens with zero attached hydrogens (tertiary/aromatic N) is 4. The quantitative estimate of drug-likeness (QED) is 0.668. The minimum atomic E-state index is -0.218. The van der Waals surface area contributed by atoms with Gasteiger partial charge in [0, 0.05) is 69.0 Å². The molecule has 3 heterocycles. The number of aromatic nitrogens is 1. The van der Waals surface area contributed by atoms with Gasteiger partial charge in [0.2, 0.25) is 11.8 Å². The van der Waals surface area contributed by atoms with E-state index in [1.807, 2.05) is 46.4 Å². The number of rotatable bonds is 6. The zero-order chi connectivity index (χ0) is 25.1. The average molecular weight is 488 g/mol. The Bertz CT molecular complexity index is 1230. The van der Waals surface area contributed by atoms with E-state index in [1.54, 1.807) is 24.4 Å².